The van der Waals surface area contributed by atoms with Crippen LogP contribution in [0.2, 0.25) is 0 Å². The first kappa shape index (κ1) is 8.97. The van der Waals surface area contributed by atoms with E-state index in [0.717, 1.165) is 19.7 Å². The van der Waals surface area contributed by atoms with Crippen LogP contribution in [0.4, 0.5) is 0 Å². The van der Waals surface area contributed by atoms with Gasteiger partial charge < -0.3 is 14.4 Å². The topological polar surface area (TPSA) is 21.7 Å². The van der Waals surface area contributed by atoms with Crippen molar-refractivity contribution in [3.63, 3.8) is 0 Å². The zero-order valence-corrected chi connectivity index (χ0v) is 7.54. The summed E-state index contributed by atoms with van der Waals surface area (Å²) in [6.07, 6.45) is 0.455. The zero-order chi connectivity index (χ0) is 8.27. The minimum Gasteiger partial charge on any atom is -0.379 e. The second-order valence-electron chi connectivity index (χ2n) is 3.11. The maximum atomic E-state index is 5.53. The molecule has 1 aliphatic rings. The highest BCUT2D eigenvalue weighted by Crippen LogP contribution is 2.08. The Hall–Kier alpha value is -0.120. The van der Waals surface area contributed by atoms with Crippen molar-refractivity contribution in [2.75, 3.05) is 33.9 Å². The predicted molar refractivity (Wildman–Crippen MR) is 43.7 cm³/mol. The Balaban J connectivity index is 2.33. The Morgan fingerprint density at radius 3 is 2.91 bits per heavy atom. The summed E-state index contributed by atoms with van der Waals surface area (Å²) in [4.78, 5) is 2.27. The molecule has 3 heteroatoms. The molecule has 0 aromatic carbocycles. The minimum atomic E-state index is 0.206. The third-order valence-electron chi connectivity index (χ3n) is 2.19. The first-order valence-electron chi connectivity index (χ1n) is 4.07. The van der Waals surface area contributed by atoms with Gasteiger partial charge in [0.15, 0.2) is 0 Å². The number of morpholine rings is 1. The molecule has 66 valence electrons. The summed E-state index contributed by atoms with van der Waals surface area (Å²) in [5, 5.41) is 0. The van der Waals surface area contributed by atoms with E-state index < -0.39 is 0 Å². The van der Waals surface area contributed by atoms with Crippen molar-refractivity contribution in [2.24, 2.45) is 0 Å². The van der Waals surface area contributed by atoms with E-state index in [1.54, 1.807) is 7.11 Å². The maximum Gasteiger partial charge on any atom is 0.0960 e. The average Bonchev–Trinajstić information content (AvgIpc) is 2.03. The van der Waals surface area contributed by atoms with E-state index in [0.29, 0.717) is 0 Å². The van der Waals surface area contributed by atoms with Crippen LogP contribution in [0.25, 0.3) is 0 Å². The molecule has 0 bridgehead atoms. The summed E-state index contributed by atoms with van der Waals surface area (Å²) in [7, 11) is 3.83. The largest absolute Gasteiger partial charge is 0.379 e. The number of nitrogens with zero attached hydrogens (tertiary/aromatic N) is 1. The molecule has 0 aliphatic carbocycles. The van der Waals surface area contributed by atoms with Gasteiger partial charge in [0, 0.05) is 20.2 Å². The zero-order valence-electron chi connectivity index (χ0n) is 7.54. The third-order valence-corrected chi connectivity index (χ3v) is 2.19. The Labute approximate surface area is 68.3 Å². The van der Waals surface area contributed by atoms with E-state index in [9.17, 15) is 0 Å². The van der Waals surface area contributed by atoms with Crippen LogP contribution in [0.5, 0.6) is 0 Å². The van der Waals surface area contributed by atoms with Crippen molar-refractivity contribution < 1.29 is 9.47 Å². The number of likely N-dealkylation sites (N-methyl/N-ethyl adjacent to an activating group) is 1. The number of methoxy groups -OCH3 is 1. The van der Waals surface area contributed by atoms with Crippen LogP contribution in [0.15, 0.2) is 0 Å². The smallest absolute Gasteiger partial charge is 0.0960 e. The minimum absolute atomic E-state index is 0.206. The molecule has 0 aromatic heterocycles. The van der Waals surface area contributed by atoms with E-state index in [-0.39, 0.29) is 12.2 Å². The number of ether oxygens (including phenoxy) is 2. The monoisotopic (exact) mass is 159 g/mol. The Morgan fingerprint density at radius 1 is 1.64 bits per heavy atom. The fourth-order valence-electron chi connectivity index (χ4n) is 1.25. The van der Waals surface area contributed by atoms with Crippen molar-refractivity contribution in [1.82, 2.24) is 4.90 Å². The van der Waals surface area contributed by atoms with Crippen molar-refractivity contribution in [2.45, 2.75) is 19.1 Å². The lowest BCUT2D eigenvalue weighted by molar-refractivity contribution is -0.0890. The molecule has 0 spiro atoms. The van der Waals surface area contributed by atoms with E-state index >= 15 is 0 Å². The van der Waals surface area contributed by atoms with Crippen LogP contribution < -0.4 is 0 Å². The number of hydrogen-bond acceptors (Lipinski definition) is 3. The van der Waals surface area contributed by atoms with Gasteiger partial charge >= 0.3 is 0 Å². The second-order valence-corrected chi connectivity index (χ2v) is 3.11. The van der Waals surface area contributed by atoms with Gasteiger partial charge in [-0.1, -0.05) is 0 Å². The van der Waals surface area contributed by atoms with Crippen LogP contribution in [0.1, 0.15) is 6.92 Å². The van der Waals surface area contributed by atoms with Gasteiger partial charge in [-0.25, -0.2) is 0 Å². The van der Waals surface area contributed by atoms with Gasteiger partial charge in [0.25, 0.3) is 0 Å². The van der Waals surface area contributed by atoms with Gasteiger partial charge in [0.05, 0.1) is 18.8 Å². The normalized spacial score (nSPS) is 30.3. The fraction of sp³-hybridized carbons (Fsp3) is 1.00. The lowest BCUT2D eigenvalue weighted by atomic mass is 10.2. The molecule has 0 unspecified atom stereocenters. The van der Waals surface area contributed by atoms with Gasteiger partial charge in [-0.2, -0.15) is 0 Å². The number of rotatable bonds is 2. The molecule has 0 N–H and O–H groups in total. The summed E-state index contributed by atoms with van der Waals surface area (Å²) in [5.74, 6) is 0. The molecule has 0 saturated carbocycles. The standard InChI is InChI=1S/C8H17NO2/c1-7(10-3)8-6-9(2)4-5-11-8/h7-8H,4-6H2,1-3H3/t7-,8+/m1/s1. The molecule has 0 aromatic rings. The van der Waals surface area contributed by atoms with E-state index in [1.807, 2.05) is 6.92 Å². The van der Waals surface area contributed by atoms with Crippen molar-refractivity contribution in [3.8, 4) is 0 Å². The SMILES string of the molecule is CO[C@H](C)[C@@H]1CN(C)CCO1. The van der Waals surface area contributed by atoms with E-state index in [1.165, 1.54) is 0 Å². The highest BCUT2D eigenvalue weighted by atomic mass is 16.5. The Bertz CT molecular complexity index is 119. The molecule has 1 aliphatic heterocycles. The van der Waals surface area contributed by atoms with Crippen LogP contribution in [0, 0.1) is 0 Å². The third kappa shape index (κ3) is 2.43. The molecule has 1 heterocycles. The molecule has 11 heavy (non-hydrogen) atoms. The first-order chi connectivity index (χ1) is 5.24. The van der Waals surface area contributed by atoms with Crippen molar-refractivity contribution >= 4 is 0 Å². The molecular formula is C8H17NO2. The average molecular weight is 159 g/mol. The van der Waals surface area contributed by atoms with E-state index in [2.05, 4.69) is 11.9 Å². The quantitative estimate of drug-likeness (QED) is 0.580. The van der Waals surface area contributed by atoms with Gasteiger partial charge in [0.1, 0.15) is 0 Å². The summed E-state index contributed by atoms with van der Waals surface area (Å²) in [6, 6.07) is 0. The van der Waals surface area contributed by atoms with Crippen molar-refractivity contribution in [3.05, 3.63) is 0 Å². The Morgan fingerprint density at radius 2 is 2.36 bits per heavy atom. The molecule has 1 rings (SSSR count). The molecule has 0 amide bonds. The van der Waals surface area contributed by atoms with Gasteiger partial charge in [0.2, 0.25) is 0 Å². The highest BCUT2D eigenvalue weighted by Gasteiger charge is 2.22. The molecule has 3 nitrogen and oxygen atoms in total. The molecule has 2 atom stereocenters. The highest BCUT2D eigenvalue weighted by molar-refractivity contribution is 4.73. The van der Waals surface area contributed by atoms with Crippen LogP contribution in [0.3, 0.4) is 0 Å². The summed E-state index contributed by atoms with van der Waals surface area (Å²) >= 11 is 0. The van der Waals surface area contributed by atoms with Crippen LogP contribution in [-0.4, -0.2) is 51.0 Å². The lowest BCUT2D eigenvalue weighted by Gasteiger charge is -2.32. The van der Waals surface area contributed by atoms with Gasteiger partial charge in [-0.05, 0) is 14.0 Å². The summed E-state index contributed by atoms with van der Waals surface area (Å²) in [5.41, 5.74) is 0. The summed E-state index contributed by atoms with van der Waals surface area (Å²) in [6.45, 7) is 4.89. The predicted octanol–water partition coefficient (Wildman–Crippen LogP) is 0.352. The molecule has 0 radical (unpaired) electrons. The van der Waals surface area contributed by atoms with Gasteiger partial charge in [-0.15, -0.1) is 0 Å². The van der Waals surface area contributed by atoms with Crippen molar-refractivity contribution in [1.29, 1.82) is 0 Å². The van der Waals surface area contributed by atoms with E-state index in [4.69, 9.17) is 9.47 Å². The van der Waals surface area contributed by atoms with Crippen LogP contribution in [-0.2, 0) is 9.47 Å². The summed E-state index contributed by atoms with van der Waals surface area (Å²) < 4.78 is 10.7. The molecular weight excluding hydrogens is 142 g/mol. The lowest BCUT2D eigenvalue weighted by Crippen LogP contribution is -2.45. The Kier molecular flexibility index (Phi) is 3.30. The second kappa shape index (κ2) is 4.04. The molecule has 1 fully saturated rings. The first-order valence-corrected chi connectivity index (χ1v) is 4.07. The molecule has 1 saturated heterocycles. The fourth-order valence-corrected chi connectivity index (χ4v) is 1.25. The maximum absolute atomic E-state index is 5.53. The van der Waals surface area contributed by atoms with Crippen LogP contribution >= 0.6 is 0 Å². The van der Waals surface area contributed by atoms with Gasteiger partial charge in [-0.3, -0.25) is 0 Å². The number of hydrogen-bond donors (Lipinski definition) is 0.